The molecule has 1 aromatic heterocycles. The zero-order valence-corrected chi connectivity index (χ0v) is 29.9. The molecule has 6 rings (SSSR count). The molecular formula is C40H44N6O4S. The summed E-state index contributed by atoms with van der Waals surface area (Å²) in [5.74, 6) is -0.712. The zero-order chi connectivity index (χ0) is 36.0. The lowest BCUT2D eigenvalue weighted by Gasteiger charge is -2.37. The van der Waals surface area contributed by atoms with Crippen molar-refractivity contribution in [3.05, 3.63) is 119 Å². The molecule has 51 heavy (non-hydrogen) atoms. The summed E-state index contributed by atoms with van der Waals surface area (Å²) in [7, 11) is -4.29. The molecule has 2 amide bonds. The Hall–Kier alpha value is -5.13. The first-order valence-corrected chi connectivity index (χ1v) is 19.1. The fourth-order valence-electron chi connectivity index (χ4n) is 6.61. The highest BCUT2D eigenvalue weighted by atomic mass is 32.2. The number of carbonyl (C=O) groups is 2. The number of nitrogens with two attached hydrogens (primary N) is 1. The highest BCUT2D eigenvalue weighted by Gasteiger charge is 2.33. The first kappa shape index (κ1) is 35.7. The topological polar surface area (TPSA) is 139 Å². The van der Waals surface area contributed by atoms with E-state index in [-0.39, 0.29) is 40.1 Å². The molecule has 0 radical (unpaired) electrons. The number of rotatable bonds is 13. The molecule has 3 N–H and O–H groups in total. The van der Waals surface area contributed by atoms with Crippen LogP contribution in [0.4, 0.5) is 5.95 Å². The van der Waals surface area contributed by atoms with Crippen molar-refractivity contribution in [2.45, 2.75) is 63.4 Å². The summed E-state index contributed by atoms with van der Waals surface area (Å²) in [6.45, 7) is 6.36. The first-order chi connectivity index (χ1) is 24.7. The van der Waals surface area contributed by atoms with Gasteiger partial charge in [0.25, 0.3) is 21.8 Å². The normalized spacial score (nSPS) is 14.3. The van der Waals surface area contributed by atoms with Gasteiger partial charge in [-0.1, -0.05) is 87.4 Å². The molecular weight excluding hydrogens is 661 g/mol. The van der Waals surface area contributed by atoms with Crippen LogP contribution in [-0.2, 0) is 23.0 Å². The maximum Gasteiger partial charge on any atom is 0.265 e. The molecule has 11 heteroatoms. The zero-order valence-electron chi connectivity index (χ0n) is 29.1. The van der Waals surface area contributed by atoms with Crippen LogP contribution in [0.15, 0.2) is 102 Å². The Morgan fingerprint density at radius 1 is 0.863 bits per heavy atom. The van der Waals surface area contributed by atoms with Crippen molar-refractivity contribution >= 4 is 38.6 Å². The van der Waals surface area contributed by atoms with Crippen LogP contribution in [0.1, 0.15) is 71.4 Å². The minimum atomic E-state index is -4.29. The number of nitrogens with one attached hydrogen (secondary N) is 1. The molecule has 0 aliphatic carbocycles. The summed E-state index contributed by atoms with van der Waals surface area (Å²) in [4.78, 5) is 42.1. The number of nitrogens with zero attached hydrogens (tertiary/aromatic N) is 4. The number of sulfonamides is 1. The van der Waals surface area contributed by atoms with Crippen LogP contribution < -0.4 is 15.4 Å². The van der Waals surface area contributed by atoms with Gasteiger partial charge in [-0.25, -0.2) is 23.1 Å². The molecule has 0 bridgehead atoms. The third-order valence-electron chi connectivity index (χ3n) is 9.43. The van der Waals surface area contributed by atoms with E-state index in [0.29, 0.717) is 24.6 Å². The van der Waals surface area contributed by atoms with E-state index in [1.54, 1.807) is 35.4 Å². The van der Waals surface area contributed by atoms with E-state index in [1.807, 2.05) is 42.5 Å². The SMILES string of the molecule is CCCCN(CCCC)c1nccc(-c2c(C(=O)NS(=O)(=O)c3ccc4ccccc4c3)cccc2C(=O)N2Cc3ccccc3CC2CN)n1. The van der Waals surface area contributed by atoms with Crippen LogP contribution in [0.2, 0.25) is 0 Å². The Labute approximate surface area is 299 Å². The third-order valence-corrected chi connectivity index (χ3v) is 10.8. The van der Waals surface area contributed by atoms with Crippen LogP contribution in [0, 0.1) is 0 Å². The molecule has 0 saturated heterocycles. The Morgan fingerprint density at radius 2 is 1.55 bits per heavy atom. The average molecular weight is 705 g/mol. The number of anilines is 1. The van der Waals surface area contributed by atoms with Crippen LogP contribution in [-0.4, -0.2) is 60.8 Å². The summed E-state index contributed by atoms with van der Waals surface area (Å²) in [5, 5.41) is 1.60. The summed E-state index contributed by atoms with van der Waals surface area (Å²) < 4.78 is 29.6. The van der Waals surface area contributed by atoms with Crippen molar-refractivity contribution < 1.29 is 18.0 Å². The maximum atomic E-state index is 14.6. The fourth-order valence-corrected chi connectivity index (χ4v) is 7.61. The van der Waals surface area contributed by atoms with Gasteiger partial charge in [0.15, 0.2) is 0 Å². The molecule has 1 aliphatic rings. The monoisotopic (exact) mass is 704 g/mol. The Bertz CT molecular complexity index is 2150. The van der Waals surface area contributed by atoms with E-state index < -0.39 is 15.9 Å². The Kier molecular flexibility index (Phi) is 11.1. The number of carbonyl (C=O) groups excluding carboxylic acids is 2. The lowest BCUT2D eigenvalue weighted by atomic mass is 9.91. The maximum absolute atomic E-state index is 14.6. The average Bonchev–Trinajstić information content (AvgIpc) is 3.16. The molecule has 4 aromatic carbocycles. The fraction of sp³-hybridized carbons (Fsp3) is 0.300. The smallest absolute Gasteiger partial charge is 0.265 e. The molecule has 10 nitrogen and oxygen atoms in total. The van der Waals surface area contributed by atoms with E-state index in [4.69, 9.17) is 10.7 Å². The number of hydrogen-bond acceptors (Lipinski definition) is 8. The second kappa shape index (κ2) is 15.8. The Balaban J connectivity index is 1.44. The minimum absolute atomic E-state index is 0.00485. The number of unbranched alkanes of at least 4 members (excludes halogenated alkanes) is 2. The van der Waals surface area contributed by atoms with Crippen LogP contribution in [0.5, 0.6) is 0 Å². The van der Waals surface area contributed by atoms with Crippen molar-refractivity contribution in [1.82, 2.24) is 19.6 Å². The number of benzene rings is 4. The number of aromatic nitrogens is 2. The molecule has 1 atom stereocenters. The molecule has 0 fully saturated rings. The minimum Gasteiger partial charge on any atom is -0.341 e. The van der Waals surface area contributed by atoms with Gasteiger partial charge in [-0.2, -0.15) is 0 Å². The first-order valence-electron chi connectivity index (χ1n) is 17.6. The predicted octanol–water partition coefficient (Wildman–Crippen LogP) is 6.35. The summed E-state index contributed by atoms with van der Waals surface area (Å²) in [6, 6.07) is 26.3. The van der Waals surface area contributed by atoms with Gasteiger partial charge in [-0.05, 0) is 71.5 Å². The predicted molar refractivity (Wildman–Crippen MR) is 201 cm³/mol. The Morgan fingerprint density at radius 3 is 2.27 bits per heavy atom. The van der Waals surface area contributed by atoms with Crippen molar-refractivity contribution in [2.75, 3.05) is 24.5 Å². The molecule has 0 spiro atoms. The van der Waals surface area contributed by atoms with Gasteiger partial charge in [0.05, 0.1) is 16.2 Å². The number of hydrogen-bond donors (Lipinski definition) is 2. The highest BCUT2D eigenvalue weighted by molar-refractivity contribution is 7.90. The molecule has 0 saturated carbocycles. The van der Waals surface area contributed by atoms with Crippen LogP contribution in [0.25, 0.3) is 22.0 Å². The molecule has 1 aliphatic heterocycles. The summed E-state index contributed by atoms with van der Waals surface area (Å²) >= 11 is 0. The van der Waals surface area contributed by atoms with Gasteiger partial charge in [0, 0.05) is 49.5 Å². The van der Waals surface area contributed by atoms with Crippen LogP contribution in [0.3, 0.4) is 0 Å². The molecule has 1 unspecified atom stereocenters. The van der Waals surface area contributed by atoms with Crippen molar-refractivity contribution in [2.24, 2.45) is 5.73 Å². The number of amides is 2. The van der Waals surface area contributed by atoms with E-state index in [2.05, 4.69) is 34.5 Å². The van der Waals surface area contributed by atoms with E-state index in [0.717, 1.165) is 60.7 Å². The van der Waals surface area contributed by atoms with Gasteiger partial charge in [0.2, 0.25) is 5.95 Å². The van der Waals surface area contributed by atoms with E-state index >= 15 is 0 Å². The van der Waals surface area contributed by atoms with E-state index in [1.165, 1.54) is 18.2 Å². The van der Waals surface area contributed by atoms with Gasteiger partial charge in [-0.15, -0.1) is 0 Å². The second-order valence-electron chi connectivity index (χ2n) is 12.9. The number of fused-ring (bicyclic) bond motifs is 2. The highest BCUT2D eigenvalue weighted by Crippen LogP contribution is 2.32. The van der Waals surface area contributed by atoms with Crippen LogP contribution >= 0.6 is 0 Å². The lowest BCUT2D eigenvalue weighted by molar-refractivity contribution is 0.0648. The van der Waals surface area contributed by atoms with Crippen molar-refractivity contribution in [1.29, 1.82) is 0 Å². The quantitative estimate of drug-likeness (QED) is 0.145. The molecule has 2 heterocycles. The van der Waals surface area contributed by atoms with E-state index in [9.17, 15) is 18.0 Å². The largest absolute Gasteiger partial charge is 0.341 e. The van der Waals surface area contributed by atoms with Crippen molar-refractivity contribution in [3.8, 4) is 11.3 Å². The van der Waals surface area contributed by atoms with Gasteiger partial charge >= 0.3 is 0 Å². The van der Waals surface area contributed by atoms with Gasteiger partial charge < -0.3 is 15.5 Å². The van der Waals surface area contributed by atoms with Crippen molar-refractivity contribution in [3.63, 3.8) is 0 Å². The van der Waals surface area contributed by atoms with Gasteiger partial charge in [-0.3, -0.25) is 9.59 Å². The molecule has 264 valence electrons. The standard InChI is InChI=1S/C40H44N6O4S/c1-3-5-22-45(23-6-4-2)40-42-21-20-36(43-40)37-34(38(47)44-51(49,50)33-19-18-28-12-7-8-14-30(28)25-33)16-11-17-35(37)39(48)46-27-31-15-10-9-13-29(31)24-32(46)26-41/h7-21,25,32H,3-6,22-24,26-27,41H2,1-2H3,(H,44,47). The third kappa shape index (κ3) is 7.79. The summed E-state index contributed by atoms with van der Waals surface area (Å²) in [6.07, 6.45) is 6.11. The second-order valence-corrected chi connectivity index (χ2v) is 14.6. The lowest BCUT2D eigenvalue weighted by Crippen LogP contribution is -2.48. The summed E-state index contributed by atoms with van der Waals surface area (Å²) in [5.41, 5.74) is 9.21. The molecule has 5 aromatic rings. The van der Waals surface area contributed by atoms with Gasteiger partial charge in [0.1, 0.15) is 0 Å².